The number of aliphatic hydroxyl groups excluding tert-OH is 1. The average molecular weight is 454 g/mol. The minimum absolute atomic E-state index is 0.163. The summed E-state index contributed by atoms with van der Waals surface area (Å²) in [4.78, 5) is 11.7. The van der Waals surface area contributed by atoms with Gasteiger partial charge < -0.3 is 9.67 Å². The van der Waals surface area contributed by atoms with Gasteiger partial charge in [0, 0.05) is 36.8 Å². The number of fused-ring (bicyclic) bond motifs is 3. The Bertz CT molecular complexity index is 1380. The van der Waals surface area contributed by atoms with Gasteiger partial charge in [-0.2, -0.15) is 0 Å². The predicted octanol–water partition coefficient (Wildman–Crippen LogP) is 3.16. The van der Waals surface area contributed by atoms with E-state index < -0.39 is 10.0 Å². The minimum atomic E-state index is -3.78. The van der Waals surface area contributed by atoms with E-state index in [-0.39, 0.29) is 17.5 Å². The van der Waals surface area contributed by atoms with E-state index in [0.717, 1.165) is 36.8 Å². The highest BCUT2D eigenvalue weighted by molar-refractivity contribution is 7.90. The van der Waals surface area contributed by atoms with Crippen molar-refractivity contribution in [3.63, 3.8) is 0 Å². The van der Waals surface area contributed by atoms with Gasteiger partial charge in [0.25, 0.3) is 10.0 Å². The first-order valence-corrected chi connectivity index (χ1v) is 12.4. The molecule has 1 N–H and O–H groups in total. The van der Waals surface area contributed by atoms with Crippen molar-refractivity contribution >= 4 is 32.1 Å². The van der Waals surface area contributed by atoms with Crippen LogP contribution in [0.3, 0.4) is 0 Å². The number of imidazole rings is 1. The average Bonchev–Trinajstić information content (AvgIpc) is 3.54. The molecule has 0 amide bonds. The SMILES string of the molecule is CCC(C)N1CCC(n2c(CO)nc3cnc4c(ccn4S(=O)(=O)c4ccccc4)c32)C1. The normalized spacial score (nSPS) is 18.7. The largest absolute Gasteiger partial charge is 0.388 e. The molecule has 168 valence electrons. The van der Waals surface area contributed by atoms with Gasteiger partial charge in [-0.1, -0.05) is 25.1 Å². The van der Waals surface area contributed by atoms with Crippen LogP contribution in [0.4, 0.5) is 0 Å². The van der Waals surface area contributed by atoms with Gasteiger partial charge in [-0.05, 0) is 38.0 Å². The molecule has 1 fully saturated rings. The van der Waals surface area contributed by atoms with Gasteiger partial charge in [0.05, 0.1) is 16.6 Å². The third-order valence-electron chi connectivity index (χ3n) is 6.62. The van der Waals surface area contributed by atoms with E-state index >= 15 is 0 Å². The van der Waals surface area contributed by atoms with Crippen LogP contribution in [0, 0.1) is 0 Å². The first kappa shape index (κ1) is 21.1. The molecule has 8 nitrogen and oxygen atoms in total. The lowest BCUT2D eigenvalue weighted by atomic mass is 10.2. The minimum Gasteiger partial charge on any atom is -0.388 e. The van der Waals surface area contributed by atoms with E-state index in [9.17, 15) is 13.5 Å². The molecule has 3 aromatic heterocycles. The molecular formula is C23H27N5O3S. The molecule has 5 rings (SSSR count). The second kappa shape index (κ2) is 7.99. The summed E-state index contributed by atoms with van der Waals surface area (Å²) < 4.78 is 29.8. The number of rotatable bonds is 6. The van der Waals surface area contributed by atoms with Crippen molar-refractivity contribution in [3.05, 3.63) is 54.6 Å². The Balaban J connectivity index is 1.67. The standard InChI is InChI=1S/C23H27N5O3S/c1-3-16(2)26-11-9-17(14-26)28-21(15-29)25-20-13-24-23-19(22(20)28)10-12-27(23)32(30,31)18-7-5-4-6-8-18/h4-8,10,12-13,16-17,29H,3,9,11,14-15H2,1-2H3. The Morgan fingerprint density at radius 2 is 2.00 bits per heavy atom. The molecule has 1 saturated heterocycles. The van der Waals surface area contributed by atoms with Gasteiger partial charge in [-0.15, -0.1) is 0 Å². The van der Waals surface area contributed by atoms with Gasteiger partial charge in [0.15, 0.2) is 5.65 Å². The molecule has 0 bridgehead atoms. The lowest BCUT2D eigenvalue weighted by Crippen LogP contribution is -2.30. The predicted molar refractivity (Wildman–Crippen MR) is 123 cm³/mol. The molecule has 0 radical (unpaired) electrons. The molecule has 2 unspecified atom stereocenters. The second-order valence-electron chi connectivity index (χ2n) is 8.41. The van der Waals surface area contributed by atoms with Crippen LogP contribution in [0.2, 0.25) is 0 Å². The Morgan fingerprint density at radius 3 is 2.72 bits per heavy atom. The van der Waals surface area contributed by atoms with Crippen molar-refractivity contribution in [3.8, 4) is 0 Å². The van der Waals surface area contributed by atoms with Crippen LogP contribution in [-0.2, 0) is 16.6 Å². The van der Waals surface area contributed by atoms with Crippen molar-refractivity contribution in [2.45, 2.75) is 50.3 Å². The number of hydrogen-bond acceptors (Lipinski definition) is 6. The molecule has 0 spiro atoms. The Kier molecular flexibility index (Phi) is 5.27. The van der Waals surface area contributed by atoms with E-state index in [4.69, 9.17) is 0 Å². The van der Waals surface area contributed by atoms with Crippen molar-refractivity contribution in [2.75, 3.05) is 13.1 Å². The van der Waals surface area contributed by atoms with Crippen molar-refractivity contribution in [2.24, 2.45) is 0 Å². The highest BCUT2D eigenvalue weighted by atomic mass is 32.2. The van der Waals surface area contributed by atoms with Gasteiger partial charge in [0.2, 0.25) is 0 Å². The lowest BCUT2D eigenvalue weighted by Gasteiger charge is -2.23. The Morgan fingerprint density at radius 1 is 1.22 bits per heavy atom. The topological polar surface area (TPSA) is 93.2 Å². The highest BCUT2D eigenvalue weighted by Gasteiger charge is 2.30. The molecule has 1 aromatic carbocycles. The number of aliphatic hydroxyl groups is 1. The van der Waals surface area contributed by atoms with E-state index in [1.165, 1.54) is 3.97 Å². The molecule has 32 heavy (non-hydrogen) atoms. The van der Waals surface area contributed by atoms with E-state index in [2.05, 4.69) is 33.3 Å². The quantitative estimate of drug-likeness (QED) is 0.482. The summed E-state index contributed by atoms with van der Waals surface area (Å²) >= 11 is 0. The zero-order chi connectivity index (χ0) is 22.5. The van der Waals surface area contributed by atoms with Gasteiger partial charge >= 0.3 is 0 Å². The summed E-state index contributed by atoms with van der Waals surface area (Å²) in [6, 6.07) is 10.8. The van der Waals surface area contributed by atoms with E-state index in [1.54, 1.807) is 48.8 Å². The molecule has 4 heterocycles. The van der Waals surface area contributed by atoms with Crippen LogP contribution in [0.15, 0.2) is 53.7 Å². The summed E-state index contributed by atoms with van der Waals surface area (Å²) in [6.45, 7) is 6.11. The molecule has 4 aromatic rings. The molecule has 0 aliphatic carbocycles. The molecule has 0 saturated carbocycles. The number of benzene rings is 1. The summed E-state index contributed by atoms with van der Waals surface area (Å²) in [5.41, 5.74) is 1.86. The van der Waals surface area contributed by atoms with Crippen LogP contribution in [-0.4, -0.2) is 56.1 Å². The monoisotopic (exact) mass is 453 g/mol. The molecule has 9 heteroatoms. The number of likely N-dealkylation sites (tertiary alicyclic amines) is 1. The van der Waals surface area contributed by atoms with Crippen molar-refractivity contribution < 1.29 is 13.5 Å². The molecular weight excluding hydrogens is 426 g/mol. The van der Waals surface area contributed by atoms with Crippen molar-refractivity contribution in [1.82, 2.24) is 23.4 Å². The summed E-state index contributed by atoms with van der Waals surface area (Å²) in [7, 11) is -3.78. The number of pyridine rings is 1. The van der Waals surface area contributed by atoms with Crippen LogP contribution in [0.25, 0.3) is 22.1 Å². The summed E-state index contributed by atoms with van der Waals surface area (Å²) in [5, 5.41) is 10.8. The van der Waals surface area contributed by atoms with Gasteiger partial charge in [0.1, 0.15) is 17.9 Å². The van der Waals surface area contributed by atoms with Gasteiger partial charge in [-0.3, -0.25) is 4.90 Å². The Hall–Kier alpha value is -2.75. The van der Waals surface area contributed by atoms with Crippen molar-refractivity contribution in [1.29, 1.82) is 0 Å². The van der Waals surface area contributed by atoms with Crippen LogP contribution in [0.5, 0.6) is 0 Å². The van der Waals surface area contributed by atoms with E-state index in [1.807, 2.05) is 0 Å². The molecule has 2 atom stereocenters. The number of hydrogen-bond donors (Lipinski definition) is 1. The summed E-state index contributed by atoms with van der Waals surface area (Å²) in [6.07, 6.45) is 5.19. The van der Waals surface area contributed by atoms with E-state index in [0.29, 0.717) is 23.0 Å². The molecule has 1 aliphatic rings. The zero-order valence-corrected chi connectivity index (χ0v) is 19.0. The number of nitrogens with zero attached hydrogens (tertiary/aromatic N) is 5. The van der Waals surface area contributed by atoms with Gasteiger partial charge in [-0.25, -0.2) is 22.4 Å². The maximum Gasteiger partial charge on any atom is 0.269 e. The Labute approximate surface area is 187 Å². The van der Waals surface area contributed by atoms with Crippen LogP contribution in [0.1, 0.15) is 38.6 Å². The third-order valence-corrected chi connectivity index (χ3v) is 8.30. The first-order chi connectivity index (χ1) is 15.5. The maximum absolute atomic E-state index is 13.3. The highest BCUT2D eigenvalue weighted by Crippen LogP contribution is 2.34. The fourth-order valence-electron chi connectivity index (χ4n) is 4.74. The fraction of sp³-hybridized carbons (Fsp3) is 0.391. The molecule has 1 aliphatic heterocycles. The maximum atomic E-state index is 13.3. The first-order valence-electron chi connectivity index (χ1n) is 11.0. The smallest absolute Gasteiger partial charge is 0.269 e. The zero-order valence-electron chi connectivity index (χ0n) is 18.2. The summed E-state index contributed by atoms with van der Waals surface area (Å²) in [5.74, 6) is 0.587. The lowest BCUT2D eigenvalue weighted by molar-refractivity contribution is 0.237. The third kappa shape index (κ3) is 3.23. The number of aromatic nitrogens is 4. The van der Waals surface area contributed by atoms with Crippen LogP contribution >= 0.6 is 0 Å². The fourth-order valence-corrected chi connectivity index (χ4v) is 6.06. The van der Waals surface area contributed by atoms with Crippen LogP contribution < -0.4 is 0 Å². The second-order valence-corrected chi connectivity index (χ2v) is 10.2.